The van der Waals surface area contributed by atoms with Crippen molar-refractivity contribution in [2.45, 2.75) is 32.7 Å². The zero-order chi connectivity index (χ0) is 12.7. The highest BCUT2D eigenvalue weighted by Gasteiger charge is 2.31. The third-order valence-electron chi connectivity index (χ3n) is 2.54. The first kappa shape index (κ1) is 16.6. The molecule has 6 heteroatoms. The third kappa shape index (κ3) is 5.31. The van der Waals surface area contributed by atoms with Crippen LogP contribution in [0.15, 0.2) is 0 Å². The fourth-order valence-electron chi connectivity index (χ4n) is 1.91. The molecule has 0 aromatic heterocycles. The van der Waals surface area contributed by atoms with Gasteiger partial charge in [-0.25, -0.2) is 4.31 Å². The van der Waals surface area contributed by atoms with Crippen molar-refractivity contribution in [3.05, 3.63) is 0 Å². The average Bonchev–Trinajstić information content (AvgIpc) is 2.19. The topological polar surface area (TPSA) is 23.6 Å². The number of carbonyl (C=O) groups excluding carboxylic acids is 1. The molecule has 1 aliphatic heterocycles. The van der Waals surface area contributed by atoms with Crippen LogP contribution in [0, 0.1) is 5.92 Å². The maximum absolute atomic E-state index is 11.3. The van der Waals surface area contributed by atoms with Crippen molar-refractivity contribution >= 4 is 43.4 Å². The van der Waals surface area contributed by atoms with Crippen LogP contribution in [-0.2, 0) is 4.79 Å². The Hall–Kier alpha value is 0.640. The van der Waals surface area contributed by atoms with E-state index in [0.29, 0.717) is 0 Å². The van der Waals surface area contributed by atoms with Crippen molar-refractivity contribution in [3.63, 3.8) is 0 Å². The highest BCUT2D eigenvalue weighted by Crippen LogP contribution is 2.25. The highest BCUT2D eigenvalue weighted by atomic mass is 32.1. The third-order valence-corrected chi connectivity index (χ3v) is 3.42. The number of rotatable bonds is 3. The van der Waals surface area contributed by atoms with Gasteiger partial charge in [0.1, 0.15) is 0 Å². The lowest BCUT2D eigenvalue weighted by atomic mass is 9.92. The SMILES string of the molecule is CC.CN(S)C(C(=O)S)C1CCCN(S)C1. The van der Waals surface area contributed by atoms with Crippen LogP contribution in [0.2, 0.25) is 0 Å². The van der Waals surface area contributed by atoms with Gasteiger partial charge in [0.05, 0.1) is 6.04 Å². The van der Waals surface area contributed by atoms with Crippen molar-refractivity contribution in [1.82, 2.24) is 8.61 Å². The van der Waals surface area contributed by atoms with E-state index in [1.54, 1.807) is 11.4 Å². The number of thiol groups is 3. The van der Waals surface area contributed by atoms with Gasteiger partial charge in [0.15, 0.2) is 0 Å². The molecule has 1 aliphatic rings. The summed E-state index contributed by atoms with van der Waals surface area (Å²) >= 11 is 12.4. The largest absolute Gasteiger partial charge is 0.286 e. The molecule has 0 bridgehead atoms. The van der Waals surface area contributed by atoms with Gasteiger partial charge in [0.25, 0.3) is 0 Å². The lowest BCUT2D eigenvalue weighted by Gasteiger charge is -2.35. The Labute approximate surface area is 115 Å². The van der Waals surface area contributed by atoms with Crippen molar-refractivity contribution < 1.29 is 4.79 Å². The van der Waals surface area contributed by atoms with Gasteiger partial charge in [-0.3, -0.25) is 9.10 Å². The number of hydrogen-bond donors (Lipinski definition) is 3. The van der Waals surface area contributed by atoms with E-state index in [-0.39, 0.29) is 17.1 Å². The lowest BCUT2D eigenvalue weighted by molar-refractivity contribution is -0.115. The Kier molecular flexibility index (Phi) is 9.04. The van der Waals surface area contributed by atoms with Crippen LogP contribution in [-0.4, -0.2) is 39.9 Å². The first-order chi connectivity index (χ1) is 7.52. The molecule has 2 atom stereocenters. The van der Waals surface area contributed by atoms with Crippen molar-refractivity contribution in [2.24, 2.45) is 5.92 Å². The molecule has 0 aliphatic carbocycles. The molecule has 3 nitrogen and oxygen atoms in total. The second-order valence-electron chi connectivity index (χ2n) is 3.67. The first-order valence-electron chi connectivity index (χ1n) is 5.60. The first-order valence-corrected chi connectivity index (χ1v) is 6.85. The minimum Gasteiger partial charge on any atom is -0.286 e. The summed E-state index contributed by atoms with van der Waals surface area (Å²) < 4.78 is 3.60. The molecule has 0 spiro atoms. The molecule has 0 aromatic rings. The molecule has 1 rings (SSSR count). The molecule has 2 unspecified atom stereocenters. The fourth-order valence-corrected chi connectivity index (χ4v) is 3.03. The second-order valence-corrected chi connectivity index (χ2v) is 5.31. The van der Waals surface area contributed by atoms with E-state index in [2.05, 4.69) is 38.3 Å². The van der Waals surface area contributed by atoms with Crippen LogP contribution in [0.25, 0.3) is 0 Å². The molecule has 0 radical (unpaired) electrons. The molecule has 1 fully saturated rings. The standard InChI is InChI=1S/C8H16N2OS3.C2H6/c1-9(13)7(8(11)12)6-3-2-4-10(14)5-6;1-2/h6-7,13-14H,2-5H2,1H3,(H,11,12);1-2H3. The zero-order valence-electron chi connectivity index (χ0n) is 10.1. The minimum atomic E-state index is -0.211. The van der Waals surface area contributed by atoms with E-state index in [0.717, 1.165) is 25.9 Å². The van der Waals surface area contributed by atoms with Gasteiger partial charge in [-0.1, -0.05) is 39.5 Å². The Morgan fingerprint density at radius 1 is 1.50 bits per heavy atom. The summed E-state index contributed by atoms with van der Waals surface area (Å²) in [4.78, 5) is 11.3. The summed E-state index contributed by atoms with van der Waals surface area (Å²) in [6, 6.07) is -0.211. The Bertz CT molecular complexity index is 214. The maximum Gasteiger partial charge on any atom is 0.204 e. The number of nitrogens with zero attached hydrogens (tertiary/aromatic N) is 2. The summed E-state index contributed by atoms with van der Waals surface area (Å²) in [6.45, 7) is 5.81. The maximum atomic E-state index is 11.3. The molecule has 16 heavy (non-hydrogen) atoms. The van der Waals surface area contributed by atoms with Gasteiger partial charge < -0.3 is 0 Å². The molecule has 1 heterocycles. The van der Waals surface area contributed by atoms with Gasteiger partial charge >= 0.3 is 0 Å². The van der Waals surface area contributed by atoms with Gasteiger partial charge in [-0.05, 0) is 25.8 Å². The van der Waals surface area contributed by atoms with Gasteiger partial charge in [-0.15, -0.1) is 12.6 Å². The molecule has 1 saturated heterocycles. The number of carbonyl (C=O) groups is 1. The molecule has 0 N–H and O–H groups in total. The van der Waals surface area contributed by atoms with E-state index in [9.17, 15) is 4.79 Å². The number of hydrogen-bond acceptors (Lipinski definition) is 5. The van der Waals surface area contributed by atoms with Gasteiger partial charge in [0, 0.05) is 13.1 Å². The van der Waals surface area contributed by atoms with Crippen LogP contribution in [0.1, 0.15) is 26.7 Å². The Morgan fingerprint density at radius 2 is 2.06 bits per heavy atom. The lowest BCUT2D eigenvalue weighted by Crippen LogP contribution is -2.44. The van der Waals surface area contributed by atoms with Crippen molar-refractivity contribution in [1.29, 1.82) is 0 Å². The molecule has 0 amide bonds. The Morgan fingerprint density at radius 3 is 2.44 bits per heavy atom. The summed E-state index contributed by atoms with van der Waals surface area (Å²) in [7, 11) is 1.79. The number of piperidine rings is 1. The second kappa shape index (κ2) is 8.69. The fraction of sp³-hybridized carbons (Fsp3) is 0.900. The molecular weight excluding hydrogens is 260 g/mol. The van der Waals surface area contributed by atoms with Gasteiger partial charge in [-0.2, -0.15) is 0 Å². The number of likely N-dealkylation sites (N-methyl/N-ethyl adjacent to an activating group) is 1. The minimum absolute atomic E-state index is 0.115. The van der Waals surface area contributed by atoms with E-state index >= 15 is 0 Å². The summed E-state index contributed by atoms with van der Waals surface area (Å²) in [5, 5.41) is -0.115. The summed E-state index contributed by atoms with van der Waals surface area (Å²) in [5.74, 6) is 0.286. The molecular formula is C10H22N2OS3. The predicted octanol–water partition coefficient (Wildman–Crippen LogP) is 2.17. The monoisotopic (exact) mass is 282 g/mol. The quantitative estimate of drug-likeness (QED) is 0.692. The van der Waals surface area contributed by atoms with Crippen LogP contribution in [0.5, 0.6) is 0 Å². The molecule has 0 saturated carbocycles. The van der Waals surface area contributed by atoms with Gasteiger partial charge in [0.2, 0.25) is 5.12 Å². The van der Waals surface area contributed by atoms with Crippen molar-refractivity contribution in [2.75, 3.05) is 20.1 Å². The normalized spacial score (nSPS) is 23.6. The van der Waals surface area contributed by atoms with E-state index in [1.165, 1.54) is 0 Å². The zero-order valence-corrected chi connectivity index (χ0v) is 12.8. The Balaban J connectivity index is 0.00000106. The summed E-state index contributed by atoms with van der Waals surface area (Å²) in [5.41, 5.74) is 0. The van der Waals surface area contributed by atoms with E-state index < -0.39 is 0 Å². The van der Waals surface area contributed by atoms with E-state index in [4.69, 9.17) is 0 Å². The van der Waals surface area contributed by atoms with Crippen molar-refractivity contribution in [3.8, 4) is 0 Å². The van der Waals surface area contributed by atoms with Crippen LogP contribution >= 0.6 is 38.3 Å². The average molecular weight is 282 g/mol. The smallest absolute Gasteiger partial charge is 0.204 e. The highest BCUT2D eigenvalue weighted by molar-refractivity contribution is 7.96. The van der Waals surface area contributed by atoms with E-state index in [1.807, 2.05) is 18.2 Å². The summed E-state index contributed by atoms with van der Waals surface area (Å²) in [6.07, 6.45) is 2.12. The molecule has 96 valence electrons. The predicted molar refractivity (Wildman–Crippen MR) is 79.2 cm³/mol. The van der Waals surface area contributed by atoms with Crippen LogP contribution < -0.4 is 0 Å². The van der Waals surface area contributed by atoms with Crippen LogP contribution in [0.4, 0.5) is 0 Å². The molecule has 0 aromatic carbocycles. The van der Waals surface area contributed by atoms with Crippen LogP contribution in [0.3, 0.4) is 0 Å².